The van der Waals surface area contributed by atoms with Gasteiger partial charge in [-0.25, -0.2) is 0 Å². The highest BCUT2D eigenvalue weighted by atomic mass is 16.4. The number of aryl methyl sites for hydroxylation is 2. The van der Waals surface area contributed by atoms with Gasteiger partial charge >= 0.3 is 5.97 Å². The number of rotatable bonds is 8. The molecule has 1 heterocycles. The van der Waals surface area contributed by atoms with Gasteiger partial charge in [0.05, 0.1) is 17.7 Å². The highest BCUT2D eigenvalue weighted by molar-refractivity contribution is 5.94. The van der Waals surface area contributed by atoms with Gasteiger partial charge in [-0.15, -0.1) is 0 Å². The summed E-state index contributed by atoms with van der Waals surface area (Å²) in [6, 6.07) is 9.34. The molecule has 6 nitrogen and oxygen atoms in total. The zero-order valence-electron chi connectivity index (χ0n) is 15.9. The quantitative estimate of drug-likeness (QED) is 0.760. The molecule has 26 heavy (non-hydrogen) atoms. The fourth-order valence-electron chi connectivity index (χ4n) is 3.00. The molecule has 2 aromatic rings. The first-order chi connectivity index (χ1) is 12.3. The van der Waals surface area contributed by atoms with Crippen molar-refractivity contribution in [3.05, 3.63) is 52.8 Å². The third-order valence-corrected chi connectivity index (χ3v) is 5.05. The van der Waals surface area contributed by atoms with Gasteiger partial charge in [-0.05, 0) is 50.5 Å². The van der Waals surface area contributed by atoms with Crippen LogP contribution in [-0.2, 0) is 11.3 Å². The molecule has 0 fully saturated rings. The van der Waals surface area contributed by atoms with Crippen molar-refractivity contribution in [3.63, 3.8) is 0 Å². The van der Waals surface area contributed by atoms with E-state index in [1.54, 1.807) is 12.1 Å². The van der Waals surface area contributed by atoms with Crippen molar-refractivity contribution in [2.75, 3.05) is 6.54 Å². The number of aromatic nitrogens is 2. The number of aliphatic carboxylic acids is 1. The van der Waals surface area contributed by atoms with E-state index in [0.717, 1.165) is 17.0 Å². The van der Waals surface area contributed by atoms with E-state index < -0.39 is 11.4 Å². The van der Waals surface area contributed by atoms with Gasteiger partial charge in [-0.1, -0.05) is 26.0 Å². The van der Waals surface area contributed by atoms with Crippen LogP contribution in [0.15, 0.2) is 30.3 Å². The summed E-state index contributed by atoms with van der Waals surface area (Å²) in [7, 11) is 0. The SMILES string of the molecule is CCC(CC)(CNC(=O)c1ccc(Cn2nc(C)cc2C)cc1)C(=O)O. The molecule has 6 heteroatoms. The molecule has 0 saturated carbocycles. The molecule has 2 rings (SSSR count). The molecule has 2 N–H and O–H groups in total. The van der Waals surface area contributed by atoms with Crippen molar-refractivity contribution in [1.29, 1.82) is 0 Å². The minimum Gasteiger partial charge on any atom is -0.481 e. The molecule has 0 saturated heterocycles. The van der Waals surface area contributed by atoms with E-state index in [4.69, 9.17) is 0 Å². The number of nitrogens with zero attached hydrogens (tertiary/aromatic N) is 2. The summed E-state index contributed by atoms with van der Waals surface area (Å²) >= 11 is 0. The molecule has 1 aromatic heterocycles. The number of amides is 1. The summed E-state index contributed by atoms with van der Waals surface area (Å²) in [6.45, 7) is 8.41. The summed E-state index contributed by atoms with van der Waals surface area (Å²) in [6.07, 6.45) is 0.946. The monoisotopic (exact) mass is 357 g/mol. The van der Waals surface area contributed by atoms with Crippen LogP contribution in [0.3, 0.4) is 0 Å². The van der Waals surface area contributed by atoms with Gasteiger partial charge in [0.15, 0.2) is 0 Å². The largest absolute Gasteiger partial charge is 0.481 e. The fourth-order valence-corrected chi connectivity index (χ4v) is 3.00. The summed E-state index contributed by atoms with van der Waals surface area (Å²) in [5.41, 5.74) is 2.73. The lowest BCUT2D eigenvalue weighted by Crippen LogP contribution is -2.42. The molecular formula is C20H27N3O3. The number of hydrogen-bond acceptors (Lipinski definition) is 3. The zero-order chi connectivity index (χ0) is 19.3. The molecule has 1 aromatic carbocycles. The molecular weight excluding hydrogens is 330 g/mol. The molecule has 0 spiro atoms. The first kappa shape index (κ1) is 19.7. The van der Waals surface area contributed by atoms with E-state index in [1.165, 1.54) is 0 Å². The number of carbonyl (C=O) groups is 2. The van der Waals surface area contributed by atoms with Crippen molar-refractivity contribution in [1.82, 2.24) is 15.1 Å². The molecule has 0 aliphatic carbocycles. The number of nitrogens with one attached hydrogen (secondary N) is 1. The number of carboxylic acid groups (broad SMARTS) is 1. The van der Waals surface area contributed by atoms with E-state index in [0.29, 0.717) is 24.9 Å². The van der Waals surface area contributed by atoms with Crippen LogP contribution in [0.2, 0.25) is 0 Å². The smallest absolute Gasteiger partial charge is 0.311 e. The molecule has 0 bridgehead atoms. The molecule has 0 aliphatic heterocycles. The molecule has 0 radical (unpaired) electrons. The Bertz CT molecular complexity index is 774. The van der Waals surface area contributed by atoms with E-state index in [1.807, 2.05) is 50.6 Å². The topological polar surface area (TPSA) is 84.2 Å². The number of carboxylic acids is 1. The van der Waals surface area contributed by atoms with Crippen molar-refractivity contribution >= 4 is 11.9 Å². The normalized spacial score (nSPS) is 11.4. The van der Waals surface area contributed by atoms with E-state index >= 15 is 0 Å². The van der Waals surface area contributed by atoms with Crippen molar-refractivity contribution in [3.8, 4) is 0 Å². The van der Waals surface area contributed by atoms with Gasteiger partial charge in [0.1, 0.15) is 0 Å². The third kappa shape index (κ3) is 4.31. The molecule has 0 aliphatic rings. The lowest BCUT2D eigenvalue weighted by molar-refractivity contribution is -0.149. The minimum atomic E-state index is -0.912. The van der Waals surface area contributed by atoms with Crippen LogP contribution in [-0.4, -0.2) is 33.3 Å². The van der Waals surface area contributed by atoms with Crippen molar-refractivity contribution < 1.29 is 14.7 Å². The first-order valence-corrected chi connectivity index (χ1v) is 8.93. The van der Waals surface area contributed by atoms with Crippen LogP contribution in [0, 0.1) is 19.3 Å². The average Bonchev–Trinajstić information content (AvgIpc) is 2.93. The Hall–Kier alpha value is -2.63. The Morgan fingerprint density at radius 2 is 1.77 bits per heavy atom. The Labute approximate surface area is 154 Å². The number of hydrogen-bond donors (Lipinski definition) is 2. The second kappa shape index (κ2) is 8.17. The minimum absolute atomic E-state index is 0.127. The van der Waals surface area contributed by atoms with Gasteiger partial charge in [0, 0.05) is 17.8 Å². The Morgan fingerprint density at radius 1 is 1.15 bits per heavy atom. The van der Waals surface area contributed by atoms with Crippen LogP contribution in [0.5, 0.6) is 0 Å². The maximum absolute atomic E-state index is 12.4. The van der Waals surface area contributed by atoms with Crippen molar-refractivity contribution in [2.45, 2.75) is 47.1 Å². The Balaban J connectivity index is 2.02. The van der Waals surface area contributed by atoms with E-state index in [-0.39, 0.29) is 12.5 Å². The lowest BCUT2D eigenvalue weighted by atomic mass is 9.82. The van der Waals surface area contributed by atoms with E-state index in [9.17, 15) is 14.7 Å². The van der Waals surface area contributed by atoms with E-state index in [2.05, 4.69) is 10.4 Å². The summed E-state index contributed by atoms with van der Waals surface area (Å²) in [5.74, 6) is -1.13. The van der Waals surface area contributed by atoms with Gasteiger partial charge in [-0.2, -0.15) is 5.10 Å². The maximum Gasteiger partial charge on any atom is 0.311 e. The third-order valence-electron chi connectivity index (χ3n) is 5.05. The first-order valence-electron chi connectivity index (χ1n) is 8.93. The summed E-state index contributed by atoms with van der Waals surface area (Å²) in [5, 5.41) is 16.7. The Kier molecular flexibility index (Phi) is 6.18. The van der Waals surface area contributed by atoms with Gasteiger partial charge in [0.2, 0.25) is 0 Å². The van der Waals surface area contributed by atoms with Crippen LogP contribution in [0.25, 0.3) is 0 Å². The molecule has 0 atom stereocenters. The van der Waals surface area contributed by atoms with Gasteiger partial charge in [-0.3, -0.25) is 14.3 Å². The predicted molar refractivity (Wildman–Crippen MR) is 100 cm³/mol. The second-order valence-electron chi connectivity index (χ2n) is 6.76. The Morgan fingerprint density at radius 3 is 2.23 bits per heavy atom. The number of benzene rings is 1. The van der Waals surface area contributed by atoms with Crippen molar-refractivity contribution in [2.24, 2.45) is 5.41 Å². The lowest BCUT2D eigenvalue weighted by Gasteiger charge is -2.26. The summed E-state index contributed by atoms with van der Waals surface area (Å²) < 4.78 is 1.92. The number of carbonyl (C=O) groups excluding carboxylic acids is 1. The highest BCUT2D eigenvalue weighted by Crippen LogP contribution is 2.25. The summed E-state index contributed by atoms with van der Waals surface area (Å²) in [4.78, 5) is 23.9. The predicted octanol–water partition coefficient (Wildman–Crippen LogP) is 3.17. The maximum atomic E-state index is 12.4. The van der Waals surface area contributed by atoms with Gasteiger partial charge in [0.25, 0.3) is 5.91 Å². The molecule has 0 unspecified atom stereocenters. The van der Waals surface area contributed by atoms with Crippen LogP contribution >= 0.6 is 0 Å². The zero-order valence-corrected chi connectivity index (χ0v) is 15.9. The standard InChI is InChI=1S/C20H27N3O3/c1-5-20(6-2,19(25)26)13-21-18(24)17-9-7-16(8-10-17)12-23-15(4)11-14(3)22-23/h7-11H,5-6,12-13H2,1-4H3,(H,21,24)(H,25,26). The van der Waals surface area contributed by atoms with Crippen LogP contribution in [0.1, 0.15) is 54.0 Å². The van der Waals surface area contributed by atoms with Crippen LogP contribution in [0.4, 0.5) is 0 Å². The highest BCUT2D eigenvalue weighted by Gasteiger charge is 2.35. The molecule has 1 amide bonds. The second-order valence-corrected chi connectivity index (χ2v) is 6.76. The van der Waals surface area contributed by atoms with Crippen LogP contribution < -0.4 is 5.32 Å². The van der Waals surface area contributed by atoms with Gasteiger partial charge < -0.3 is 10.4 Å². The fraction of sp³-hybridized carbons (Fsp3) is 0.450. The molecule has 140 valence electrons. The average molecular weight is 357 g/mol.